The Morgan fingerprint density at radius 3 is 2.14 bits per heavy atom. The molecule has 0 radical (unpaired) electrons. The summed E-state index contributed by atoms with van der Waals surface area (Å²) < 4.78 is 0. The van der Waals surface area contributed by atoms with Crippen molar-refractivity contribution in [3.63, 3.8) is 0 Å². The number of hydrogen-bond acceptors (Lipinski definition) is 3. The molecule has 116 valence electrons. The lowest BCUT2D eigenvalue weighted by Crippen LogP contribution is -2.46. The zero-order valence-electron chi connectivity index (χ0n) is 14.1. The lowest BCUT2D eigenvalue weighted by atomic mass is 9.97. The molecule has 0 heterocycles. The Kier molecular flexibility index (Phi) is 6.77. The second-order valence-corrected chi connectivity index (χ2v) is 8.11. The lowest BCUT2D eigenvalue weighted by Gasteiger charge is -2.28. The van der Waals surface area contributed by atoms with Crippen LogP contribution in [0.15, 0.2) is 29.2 Å². The van der Waals surface area contributed by atoms with Crippen LogP contribution in [0.1, 0.15) is 59.4 Å². The topological polar surface area (TPSA) is 35.8 Å². The van der Waals surface area contributed by atoms with Crippen molar-refractivity contribution in [2.24, 2.45) is 0 Å². The van der Waals surface area contributed by atoms with Gasteiger partial charge in [0.2, 0.25) is 0 Å². The fraction of sp³-hybridized carbons (Fsp3) is 0.611. The van der Waals surface area contributed by atoms with Crippen molar-refractivity contribution in [1.29, 1.82) is 5.26 Å². The Balaban J connectivity index is 2.64. The maximum Gasteiger partial charge on any atom is 0.105 e. The van der Waals surface area contributed by atoms with Crippen LogP contribution in [0.5, 0.6) is 0 Å². The Hall–Kier alpha value is -0.980. The monoisotopic (exact) mass is 304 g/mol. The Morgan fingerprint density at radius 1 is 1.14 bits per heavy atom. The number of nitrogens with zero attached hydrogens (tertiary/aromatic N) is 1. The highest BCUT2D eigenvalue weighted by atomic mass is 32.2. The van der Waals surface area contributed by atoms with Crippen LogP contribution >= 0.6 is 11.8 Å². The Labute approximate surface area is 134 Å². The second kappa shape index (κ2) is 7.87. The van der Waals surface area contributed by atoms with Gasteiger partial charge in [-0.25, -0.2) is 0 Å². The first-order valence-corrected chi connectivity index (χ1v) is 8.59. The van der Waals surface area contributed by atoms with E-state index in [0.29, 0.717) is 17.2 Å². The van der Waals surface area contributed by atoms with E-state index < -0.39 is 5.54 Å². The average Bonchev–Trinajstić information content (AvgIpc) is 2.38. The van der Waals surface area contributed by atoms with Crippen molar-refractivity contribution in [3.8, 4) is 6.07 Å². The van der Waals surface area contributed by atoms with Crippen molar-refractivity contribution in [2.45, 2.75) is 75.6 Å². The van der Waals surface area contributed by atoms with E-state index in [-0.39, 0.29) is 0 Å². The Morgan fingerprint density at radius 2 is 1.71 bits per heavy atom. The summed E-state index contributed by atoms with van der Waals surface area (Å²) in [7, 11) is 0. The standard InChI is InChI=1S/C18H28N2S/c1-13(2)16-7-9-17(10-8-16)21-15(5)11-18(6,12-19)20-14(3)4/h7-10,13-15,20H,11H2,1-6H3. The van der Waals surface area contributed by atoms with Gasteiger partial charge >= 0.3 is 0 Å². The second-order valence-electron chi connectivity index (χ2n) is 6.60. The molecule has 2 unspecified atom stereocenters. The molecule has 0 spiro atoms. The number of nitriles is 1. The number of benzene rings is 1. The van der Waals surface area contributed by atoms with Gasteiger partial charge in [-0.05, 0) is 50.8 Å². The summed E-state index contributed by atoms with van der Waals surface area (Å²) in [6.45, 7) is 12.8. The molecule has 2 atom stereocenters. The van der Waals surface area contributed by atoms with E-state index in [4.69, 9.17) is 0 Å². The molecule has 0 fully saturated rings. The molecule has 0 bridgehead atoms. The van der Waals surface area contributed by atoms with E-state index in [1.807, 2.05) is 18.7 Å². The normalized spacial score (nSPS) is 15.8. The van der Waals surface area contributed by atoms with Crippen LogP contribution in [0.4, 0.5) is 0 Å². The van der Waals surface area contributed by atoms with Crippen LogP contribution in [0.3, 0.4) is 0 Å². The largest absolute Gasteiger partial charge is 0.297 e. The molecular formula is C18H28N2S. The molecule has 0 saturated carbocycles. The number of rotatable bonds is 7. The maximum absolute atomic E-state index is 9.42. The summed E-state index contributed by atoms with van der Waals surface area (Å²) in [4.78, 5) is 1.27. The highest BCUT2D eigenvalue weighted by Gasteiger charge is 2.27. The van der Waals surface area contributed by atoms with Gasteiger partial charge in [-0.2, -0.15) is 5.26 Å². The maximum atomic E-state index is 9.42. The van der Waals surface area contributed by atoms with E-state index >= 15 is 0 Å². The molecular weight excluding hydrogens is 276 g/mol. The third-order valence-electron chi connectivity index (χ3n) is 3.43. The van der Waals surface area contributed by atoms with Crippen molar-refractivity contribution >= 4 is 11.8 Å². The van der Waals surface area contributed by atoms with Gasteiger partial charge in [0, 0.05) is 16.2 Å². The van der Waals surface area contributed by atoms with Gasteiger partial charge in [-0.1, -0.05) is 32.9 Å². The van der Waals surface area contributed by atoms with E-state index in [1.54, 1.807) is 0 Å². The summed E-state index contributed by atoms with van der Waals surface area (Å²) in [5.74, 6) is 0.568. The van der Waals surface area contributed by atoms with E-state index in [1.165, 1.54) is 10.5 Å². The van der Waals surface area contributed by atoms with Crippen LogP contribution in [-0.2, 0) is 0 Å². The van der Waals surface area contributed by atoms with Gasteiger partial charge in [0.15, 0.2) is 0 Å². The summed E-state index contributed by atoms with van der Waals surface area (Å²) in [6.07, 6.45) is 0.832. The molecule has 0 aliphatic rings. The number of thioether (sulfide) groups is 1. The molecule has 1 rings (SSSR count). The highest BCUT2D eigenvalue weighted by molar-refractivity contribution is 7.99. The molecule has 0 amide bonds. The highest BCUT2D eigenvalue weighted by Crippen LogP contribution is 2.29. The van der Waals surface area contributed by atoms with Gasteiger partial charge in [0.25, 0.3) is 0 Å². The summed E-state index contributed by atoms with van der Waals surface area (Å²) >= 11 is 1.84. The van der Waals surface area contributed by atoms with Gasteiger partial charge in [0.1, 0.15) is 5.54 Å². The van der Waals surface area contributed by atoms with Crippen LogP contribution in [0.25, 0.3) is 0 Å². The first-order chi connectivity index (χ1) is 9.75. The molecule has 3 heteroatoms. The minimum atomic E-state index is -0.460. The fourth-order valence-corrected chi connectivity index (χ4v) is 3.73. The Bertz CT molecular complexity index is 473. The van der Waals surface area contributed by atoms with Crippen LogP contribution in [0.2, 0.25) is 0 Å². The van der Waals surface area contributed by atoms with Crippen molar-refractivity contribution in [1.82, 2.24) is 5.32 Å². The summed E-state index contributed by atoms with van der Waals surface area (Å²) in [6, 6.07) is 11.5. The smallest absolute Gasteiger partial charge is 0.105 e. The zero-order chi connectivity index (χ0) is 16.0. The third-order valence-corrected chi connectivity index (χ3v) is 4.55. The van der Waals surface area contributed by atoms with Crippen LogP contribution in [-0.4, -0.2) is 16.8 Å². The van der Waals surface area contributed by atoms with Crippen molar-refractivity contribution in [3.05, 3.63) is 29.8 Å². The van der Waals surface area contributed by atoms with Crippen LogP contribution in [0, 0.1) is 11.3 Å². The SMILES string of the molecule is CC(C)NC(C)(C#N)CC(C)Sc1ccc(C(C)C)cc1. The van der Waals surface area contributed by atoms with Crippen LogP contribution < -0.4 is 5.32 Å². The van der Waals surface area contributed by atoms with Gasteiger partial charge in [0.05, 0.1) is 6.07 Å². The molecule has 0 saturated heterocycles. The molecule has 0 aromatic heterocycles. The molecule has 21 heavy (non-hydrogen) atoms. The minimum absolute atomic E-state index is 0.317. The molecule has 0 aliphatic heterocycles. The molecule has 1 N–H and O–H groups in total. The number of nitrogens with one attached hydrogen (secondary N) is 1. The summed E-state index contributed by atoms with van der Waals surface area (Å²) in [5, 5.41) is 13.2. The van der Waals surface area contributed by atoms with E-state index in [9.17, 15) is 5.26 Å². The predicted octanol–water partition coefficient (Wildman–Crippen LogP) is 4.96. The summed E-state index contributed by atoms with van der Waals surface area (Å²) in [5.41, 5.74) is 0.911. The molecule has 2 nitrogen and oxygen atoms in total. The number of hydrogen-bond donors (Lipinski definition) is 1. The van der Waals surface area contributed by atoms with E-state index in [2.05, 4.69) is 70.3 Å². The fourth-order valence-electron chi connectivity index (χ4n) is 2.55. The first-order valence-electron chi connectivity index (χ1n) is 7.71. The predicted molar refractivity (Wildman–Crippen MR) is 92.8 cm³/mol. The third kappa shape index (κ3) is 6.11. The minimum Gasteiger partial charge on any atom is -0.297 e. The average molecular weight is 305 g/mol. The molecule has 0 aliphatic carbocycles. The lowest BCUT2D eigenvalue weighted by molar-refractivity contribution is 0.382. The molecule has 1 aromatic carbocycles. The van der Waals surface area contributed by atoms with E-state index in [0.717, 1.165) is 6.42 Å². The first kappa shape index (κ1) is 18.1. The van der Waals surface area contributed by atoms with Gasteiger partial charge in [-0.15, -0.1) is 11.8 Å². The van der Waals surface area contributed by atoms with Gasteiger partial charge < -0.3 is 0 Å². The van der Waals surface area contributed by atoms with Crippen molar-refractivity contribution < 1.29 is 0 Å². The molecule has 1 aromatic rings. The van der Waals surface area contributed by atoms with Crippen molar-refractivity contribution in [2.75, 3.05) is 0 Å². The van der Waals surface area contributed by atoms with Gasteiger partial charge in [-0.3, -0.25) is 5.32 Å². The zero-order valence-corrected chi connectivity index (χ0v) is 14.9. The quantitative estimate of drug-likeness (QED) is 0.723.